The second kappa shape index (κ2) is 8.88. The van der Waals surface area contributed by atoms with Crippen LogP contribution in [0.25, 0.3) is 0 Å². The van der Waals surface area contributed by atoms with E-state index in [1.165, 1.54) is 29.5 Å². The Balaban J connectivity index is 1.52. The van der Waals surface area contributed by atoms with Gasteiger partial charge in [0.2, 0.25) is 11.7 Å². The lowest BCUT2D eigenvalue weighted by Crippen LogP contribution is -2.41. The van der Waals surface area contributed by atoms with Crippen LogP contribution in [0.1, 0.15) is 24.9 Å². The van der Waals surface area contributed by atoms with Crippen molar-refractivity contribution < 1.29 is 28.2 Å². The summed E-state index contributed by atoms with van der Waals surface area (Å²) in [5, 5.41) is 0. The molecule has 0 unspecified atom stereocenters. The largest absolute Gasteiger partial charge is 0.454 e. The topological polar surface area (TPSA) is 72.9 Å². The van der Waals surface area contributed by atoms with Gasteiger partial charge in [-0.25, -0.2) is 9.18 Å². The van der Waals surface area contributed by atoms with E-state index in [-0.39, 0.29) is 23.7 Å². The fraction of sp³-hybridized carbons (Fsp3) is 0.316. The molecule has 0 spiro atoms. The predicted molar refractivity (Wildman–Crippen MR) is 96.4 cm³/mol. The van der Waals surface area contributed by atoms with E-state index in [9.17, 15) is 18.8 Å². The van der Waals surface area contributed by atoms with Crippen LogP contribution in [0, 0.1) is 5.82 Å². The molecule has 27 heavy (non-hydrogen) atoms. The van der Waals surface area contributed by atoms with Gasteiger partial charge in [0.25, 0.3) is 0 Å². The number of esters is 1. The third kappa shape index (κ3) is 5.21. The molecule has 8 heteroatoms. The molecule has 3 rings (SSSR count). The van der Waals surface area contributed by atoms with Crippen molar-refractivity contribution in [3.63, 3.8) is 0 Å². The van der Waals surface area contributed by atoms with Crippen molar-refractivity contribution in [3.05, 3.63) is 57.5 Å². The minimum Gasteiger partial charge on any atom is -0.454 e. The Bertz CT molecular complexity index is 844. The number of morpholine rings is 1. The predicted octanol–water partition coefficient (Wildman–Crippen LogP) is 2.33. The van der Waals surface area contributed by atoms with E-state index < -0.39 is 18.4 Å². The molecule has 1 amide bonds. The number of rotatable bonds is 6. The van der Waals surface area contributed by atoms with Gasteiger partial charge in [-0.15, -0.1) is 11.3 Å². The molecule has 0 saturated carbocycles. The molecule has 1 saturated heterocycles. The minimum absolute atomic E-state index is 0.00307. The summed E-state index contributed by atoms with van der Waals surface area (Å²) >= 11 is 1.20. The Morgan fingerprint density at radius 3 is 2.67 bits per heavy atom. The lowest BCUT2D eigenvalue weighted by atomic mass is 10.2. The van der Waals surface area contributed by atoms with Gasteiger partial charge in [-0.3, -0.25) is 9.59 Å². The maximum atomic E-state index is 13.1. The van der Waals surface area contributed by atoms with E-state index in [1.807, 2.05) is 0 Å². The zero-order valence-corrected chi connectivity index (χ0v) is 15.3. The summed E-state index contributed by atoms with van der Waals surface area (Å²) in [4.78, 5) is 39.2. The number of carbonyl (C=O) groups is 3. The van der Waals surface area contributed by atoms with Crippen LogP contribution in [0.15, 0.2) is 36.4 Å². The van der Waals surface area contributed by atoms with Crippen LogP contribution >= 0.6 is 11.3 Å². The molecule has 0 aliphatic carbocycles. The summed E-state index contributed by atoms with van der Waals surface area (Å²) in [6.07, 6.45) is 0.223. The Morgan fingerprint density at radius 2 is 1.93 bits per heavy atom. The number of carbonyl (C=O) groups excluding carboxylic acids is 3. The first-order valence-corrected chi connectivity index (χ1v) is 9.25. The van der Waals surface area contributed by atoms with E-state index >= 15 is 0 Å². The molecular formula is C19H18FNO5S. The van der Waals surface area contributed by atoms with Crippen LogP contribution < -0.4 is 0 Å². The Hall–Kier alpha value is -2.58. The van der Waals surface area contributed by atoms with Gasteiger partial charge in [0.15, 0.2) is 6.61 Å². The van der Waals surface area contributed by atoms with E-state index in [0.717, 1.165) is 10.9 Å². The highest BCUT2D eigenvalue weighted by Gasteiger charge is 2.19. The highest BCUT2D eigenvalue weighted by Crippen LogP contribution is 2.19. The van der Waals surface area contributed by atoms with Crippen molar-refractivity contribution >= 4 is 29.0 Å². The van der Waals surface area contributed by atoms with Crippen molar-refractivity contribution in [2.45, 2.75) is 6.42 Å². The third-order valence-electron chi connectivity index (χ3n) is 4.02. The molecule has 0 N–H and O–H groups in total. The van der Waals surface area contributed by atoms with Gasteiger partial charge < -0.3 is 14.4 Å². The van der Waals surface area contributed by atoms with Crippen molar-refractivity contribution in [2.75, 3.05) is 32.9 Å². The first kappa shape index (κ1) is 19.2. The van der Waals surface area contributed by atoms with Gasteiger partial charge in [0.1, 0.15) is 5.82 Å². The molecule has 1 aliphatic rings. The monoisotopic (exact) mass is 391 g/mol. The van der Waals surface area contributed by atoms with E-state index in [0.29, 0.717) is 31.2 Å². The number of thiophene rings is 1. The zero-order valence-electron chi connectivity index (χ0n) is 14.5. The maximum absolute atomic E-state index is 13.1. The first-order chi connectivity index (χ1) is 13.0. The number of halogens is 1. The van der Waals surface area contributed by atoms with Gasteiger partial charge in [-0.2, -0.15) is 0 Å². The highest BCUT2D eigenvalue weighted by molar-refractivity contribution is 7.14. The van der Waals surface area contributed by atoms with E-state index in [1.54, 1.807) is 17.0 Å². The zero-order chi connectivity index (χ0) is 19.2. The SMILES string of the molecule is O=C(OCC(=O)c1ccc(CC(=O)N2CCOCC2)s1)c1cccc(F)c1. The van der Waals surface area contributed by atoms with Crippen LogP contribution in [-0.4, -0.2) is 55.5 Å². The summed E-state index contributed by atoms with van der Waals surface area (Å²) < 4.78 is 23.3. The van der Waals surface area contributed by atoms with Gasteiger partial charge >= 0.3 is 5.97 Å². The number of ketones is 1. The van der Waals surface area contributed by atoms with Crippen LogP contribution in [0.2, 0.25) is 0 Å². The molecule has 142 valence electrons. The molecule has 0 bridgehead atoms. The van der Waals surface area contributed by atoms with Crippen LogP contribution in [0.5, 0.6) is 0 Å². The number of hydrogen-bond donors (Lipinski definition) is 0. The smallest absolute Gasteiger partial charge is 0.338 e. The summed E-state index contributed by atoms with van der Waals surface area (Å²) in [5.41, 5.74) is 0.0470. The van der Waals surface area contributed by atoms with Gasteiger partial charge in [0.05, 0.1) is 30.1 Å². The standard InChI is InChI=1S/C19H18FNO5S/c20-14-3-1-2-13(10-14)19(24)26-12-16(22)17-5-4-15(27-17)11-18(23)21-6-8-25-9-7-21/h1-5,10H,6-9,11-12H2. The number of ether oxygens (including phenoxy) is 2. The van der Waals surface area contributed by atoms with Crippen molar-refractivity contribution in [1.82, 2.24) is 4.90 Å². The van der Waals surface area contributed by atoms with Crippen LogP contribution in [-0.2, 0) is 20.7 Å². The summed E-state index contributed by atoms with van der Waals surface area (Å²) in [6, 6.07) is 8.41. The molecule has 0 radical (unpaired) electrons. The average molecular weight is 391 g/mol. The Kier molecular flexibility index (Phi) is 6.31. The van der Waals surface area contributed by atoms with Crippen molar-refractivity contribution in [1.29, 1.82) is 0 Å². The molecule has 0 atom stereocenters. The Morgan fingerprint density at radius 1 is 1.15 bits per heavy atom. The van der Waals surface area contributed by atoms with Gasteiger partial charge in [0, 0.05) is 18.0 Å². The fourth-order valence-corrected chi connectivity index (χ4v) is 3.52. The molecule has 2 aromatic rings. The van der Waals surface area contributed by atoms with Crippen LogP contribution in [0.4, 0.5) is 4.39 Å². The van der Waals surface area contributed by atoms with Gasteiger partial charge in [-0.05, 0) is 30.3 Å². The second-order valence-electron chi connectivity index (χ2n) is 5.95. The highest BCUT2D eigenvalue weighted by atomic mass is 32.1. The number of benzene rings is 1. The first-order valence-electron chi connectivity index (χ1n) is 8.43. The summed E-state index contributed by atoms with van der Waals surface area (Å²) in [6.45, 7) is 1.79. The minimum atomic E-state index is -0.762. The molecule has 1 aromatic carbocycles. The lowest BCUT2D eigenvalue weighted by molar-refractivity contribution is -0.134. The second-order valence-corrected chi connectivity index (χ2v) is 7.11. The number of nitrogens with zero attached hydrogens (tertiary/aromatic N) is 1. The molecule has 2 heterocycles. The summed E-state index contributed by atoms with van der Waals surface area (Å²) in [7, 11) is 0. The number of hydrogen-bond acceptors (Lipinski definition) is 6. The molecule has 1 fully saturated rings. The van der Waals surface area contributed by atoms with E-state index in [2.05, 4.69) is 0 Å². The average Bonchev–Trinajstić information content (AvgIpc) is 3.15. The quantitative estimate of drug-likeness (QED) is 0.558. The maximum Gasteiger partial charge on any atom is 0.338 e. The van der Waals surface area contributed by atoms with Crippen molar-refractivity contribution in [2.24, 2.45) is 0 Å². The molecule has 1 aromatic heterocycles. The number of Topliss-reactive ketones (excluding diaryl/α,β-unsaturated/α-hetero) is 1. The number of amides is 1. The normalized spacial score (nSPS) is 14.0. The Labute approximate surface area is 159 Å². The molecule has 1 aliphatic heterocycles. The molecular weight excluding hydrogens is 373 g/mol. The van der Waals surface area contributed by atoms with Crippen LogP contribution in [0.3, 0.4) is 0 Å². The summed E-state index contributed by atoms with van der Waals surface area (Å²) in [5.74, 6) is -1.68. The molecule has 6 nitrogen and oxygen atoms in total. The van der Waals surface area contributed by atoms with Crippen molar-refractivity contribution in [3.8, 4) is 0 Å². The fourth-order valence-electron chi connectivity index (χ4n) is 2.60. The third-order valence-corrected chi connectivity index (χ3v) is 5.15. The van der Waals surface area contributed by atoms with Gasteiger partial charge in [-0.1, -0.05) is 6.07 Å². The van der Waals surface area contributed by atoms with E-state index in [4.69, 9.17) is 9.47 Å². The lowest BCUT2D eigenvalue weighted by Gasteiger charge is -2.26.